The van der Waals surface area contributed by atoms with Gasteiger partial charge in [-0.1, -0.05) is 13.8 Å². The van der Waals surface area contributed by atoms with Crippen LogP contribution in [0, 0.1) is 5.92 Å². The molecule has 1 heterocycles. The van der Waals surface area contributed by atoms with Crippen molar-refractivity contribution in [2.75, 3.05) is 46.4 Å². The van der Waals surface area contributed by atoms with Crippen LogP contribution >= 0.6 is 0 Å². The highest BCUT2D eigenvalue weighted by molar-refractivity contribution is 5.78. The number of methoxy groups -OCH3 is 1. The number of nitrogens with zero attached hydrogens (tertiary/aromatic N) is 2. The molecule has 0 radical (unpaired) electrons. The Labute approximate surface area is 98.5 Å². The molecule has 0 aromatic heterocycles. The molecule has 1 aliphatic rings. The highest BCUT2D eigenvalue weighted by Gasteiger charge is 2.22. The first kappa shape index (κ1) is 13.5. The molecule has 1 fully saturated rings. The van der Waals surface area contributed by atoms with E-state index in [0.717, 1.165) is 45.8 Å². The van der Waals surface area contributed by atoms with Crippen LogP contribution < -0.4 is 0 Å². The van der Waals surface area contributed by atoms with Crippen LogP contribution in [0.3, 0.4) is 0 Å². The maximum Gasteiger partial charge on any atom is 0.225 e. The minimum atomic E-state index is 0.125. The lowest BCUT2D eigenvalue weighted by atomic mass is 10.1. The molecule has 1 rings (SSSR count). The van der Waals surface area contributed by atoms with Gasteiger partial charge in [-0.3, -0.25) is 9.69 Å². The monoisotopic (exact) mass is 228 g/mol. The van der Waals surface area contributed by atoms with Crippen LogP contribution in [-0.4, -0.2) is 62.1 Å². The molecule has 1 saturated heterocycles. The van der Waals surface area contributed by atoms with Gasteiger partial charge < -0.3 is 9.64 Å². The summed E-state index contributed by atoms with van der Waals surface area (Å²) in [6.07, 6.45) is 1.08. The van der Waals surface area contributed by atoms with Crippen molar-refractivity contribution >= 4 is 5.91 Å². The van der Waals surface area contributed by atoms with Gasteiger partial charge in [0.25, 0.3) is 0 Å². The number of piperazine rings is 1. The lowest BCUT2D eigenvalue weighted by Gasteiger charge is -2.35. The van der Waals surface area contributed by atoms with Gasteiger partial charge in [0.05, 0.1) is 0 Å². The topological polar surface area (TPSA) is 32.8 Å². The molecule has 0 atom stereocenters. The van der Waals surface area contributed by atoms with Gasteiger partial charge in [0, 0.05) is 52.4 Å². The standard InChI is InChI=1S/C12H24N2O2/c1-11(2)12(15)14-8-6-13(7-9-14)5-4-10-16-3/h11H,4-10H2,1-3H3. The lowest BCUT2D eigenvalue weighted by molar-refractivity contribution is -0.136. The van der Waals surface area contributed by atoms with E-state index in [0.29, 0.717) is 0 Å². The maximum atomic E-state index is 11.8. The Morgan fingerprint density at radius 1 is 1.25 bits per heavy atom. The second-order valence-electron chi connectivity index (χ2n) is 4.67. The molecule has 94 valence electrons. The van der Waals surface area contributed by atoms with E-state index in [4.69, 9.17) is 4.74 Å². The highest BCUT2D eigenvalue weighted by Crippen LogP contribution is 2.07. The van der Waals surface area contributed by atoms with Crippen LogP contribution in [0.1, 0.15) is 20.3 Å². The van der Waals surface area contributed by atoms with E-state index in [1.165, 1.54) is 0 Å². The molecular weight excluding hydrogens is 204 g/mol. The molecule has 0 bridgehead atoms. The summed E-state index contributed by atoms with van der Waals surface area (Å²) in [6, 6.07) is 0. The molecule has 0 aromatic rings. The van der Waals surface area contributed by atoms with Crippen molar-refractivity contribution in [1.29, 1.82) is 0 Å². The molecule has 0 spiro atoms. The number of ether oxygens (including phenoxy) is 1. The molecule has 0 aliphatic carbocycles. The van der Waals surface area contributed by atoms with Crippen molar-refractivity contribution < 1.29 is 9.53 Å². The molecule has 1 aliphatic heterocycles. The summed E-state index contributed by atoms with van der Waals surface area (Å²) in [5, 5.41) is 0. The van der Waals surface area contributed by atoms with Gasteiger partial charge in [-0.05, 0) is 6.42 Å². The van der Waals surface area contributed by atoms with Crippen LogP contribution in [0.5, 0.6) is 0 Å². The van der Waals surface area contributed by atoms with Gasteiger partial charge in [-0.25, -0.2) is 0 Å². The van der Waals surface area contributed by atoms with Crippen LogP contribution in [0.25, 0.3) is 0 Å². The number of hydrogen-bond acceptors (Lipinski definition) is 3. The van der Waals surface area contributed by atoms with E-state index in [9.17, 15) is 4.79 Å². The number of hydrogen-bond donors (Lipinski definition) is 0. The zero-order chi connectivity index (χ0) is 12.0. The van der Waals surface area contributed by atoms with Gasteiger partial charge in [0.1, 0.15) is 0 Å². The first-order chi connectivity index (χ1) is 7.65. The first-order valence-electron chi connectivity index (χ1n) is 6.15. The average molecular weight is 228 g/mol. The van der Waals surface area contributed by atoms with Crippen LogP contribution in [0.15, 0.2) is 0 Å². The molecule has 4 heteroatoms. The van der Waals surface area contributed by atoms with Gasteiger partial charge >= 0.3 is 0 Å². The van der Waals surface area contributed by atoms with E-state index in [2.05, 4.69) is 4.90 Å². The van der Waals surface area contributed by atoms with Gasteiger partial charge in [0.15, 0.2) is 0 Å². The summed E-state index contributed by atoms with van der Waals surface area (Å²) in [4.78, 5) is 16.1. The average Bonchev–Trinajstić information content (AvgIpc) is 2.29. The zero-order valence-electron chi connectivity index (χ0n) is 10.7. The smallest absolute Gasteiger partial charge is 0.225 e. The van der Waals surface area contributed by atoms with Crippen LogP contribution in [-0.2, 0) is 9.53 Å². The summed E-state index contributed by atoms with van der Waals surface area (Å²) in [7, 11) is 1.74. The number of amides is 1. The fourth-order valence-electron chi connectivity index (χ4n) is 1.99. The SMILES string of the molecule is COCCCN1CCN(C(=O)C(C)C)CC1. The van der Waals surface area contributed by atoms with E-state index in [1.54, 1.807) is 7.11 Å². The predicted molar refractivity (Wildman–Crippen MR) is 64.4 cm³/mol. The quantitative estimate of drug-likeness (QED) is 0.653. The third-order valence-corrected chi connectivity index (χ3v) is 3.00. The summed E-state index contributed by atoms with van der Waals surface area (Å²) in [5.74, 6) is 0.414. The Morgan fingerprint density at radius 2 is 1.88 bits per heavy atom. The molecular formula is C12H24N2O2. The summed E-state index contributed by atoms with van der Waals surface area (Å²) >= 11 is 0. The molecule has 4 nitrogen and oxygen atoms in total. The summed E-state index contributed by atoms with van der Waals surface area (Å²) < 4.78 is 5.03. The normalized spacial score (nSPS) is 18.1. The van der Waals surface area contributed by atoms with E-state index in [-0.39, 0.29) is 11.8 Å². The van der Waals surface area contributed by atoms with E-state index < -0.39 is 0 Å². The third-order valence-electron chi connectivity index (χ3n) is 3.00. The Hall–Kier alpha value is -0.610. The molecule has 16 heavy (non-hydrogen) atoms. The fraction of sp³-hybridized carbons (Fsp3) is 0.917. The lowest BCUT2D eigenvalue weighted by Crippen LogP contribution is -2.50. The number of rotatable bonds is 5. The van der Waals surface area contributed by atoms with Crippen molar-refractivity contribution in [3.8, 4) is 0 Å². The van der Waals surface area contributed by atoms with Crippen LogP contribution in [0.4, 0.5) is 0 Å². The molecule has 0 unspecified atom stereocenters. The Kier molecular flexibility index (Phi) is 5.77. The Bertz CT molecular complexity index is 211. The van der Waals surface area contributed by atoms with Crippen molar-refractivity contribution in [3.63, 3.8) is 0 Å². The third kappa shape index (κ3) is 4.10. The van der Waals surface area contributed by atoms with Crippen molar-refractivity contribution in [2.24, 2.45) is 5.92 Å². The summed E-state index contributed by atoms with van der Waals surface area (Å²) in [6.45, 7) is 9.60. The van der Waals surface area contributed by atoms with E-state index in [1.807, 2.05) is 18.7 Å². The molecule has 0 aromatic carbocycles. The minimum absolute atomic E-state index is 0.125. The van der Waals surface area contributed by atoms with Gasteiger partial charge in [-0.2, -0.15) is 0 Å². The zero-order valence-corrected chi connectivity index (χ0v) is 10.7. The maximum absolute atomic E-state index is 11.8. The van der Waals surface area contributed by atoms with Crippen molar-refractivity contribution in [2.45, 2.75) is 20.3 Å². The van der Waals surface area contributed by atoms with Crippen molar-refractivity contribution in [1.82, 2.24) is 9.80 Å². The largest absolute Gasteiger partial charge is 0.385 e. The summed E-state index contributed by atoms with van der Waals surface area (Å²) in [5.41, 5.74) is 0. The molecule has 0 saturated carbocycles. The first-order valence-corrected chi connectivity index (χ1v) is 6.15. The highest BCUT2D eigenvalue weighted by atomic mass is 16.5. The predicted octanol–water partition coefficient (Wildman–Crippen LogP) is 0.823. The van der Waals surface area contributed by atoms with E-state index >= 15 is 0 Å². The van der Waals surface area contributed by atoms with Gasteiger partial charge in [0.2, 0.25) is 5.91 Å². The molecule has 0 N–H and O–H groups in total. The fourth-order valence-corrected chi connectivity index (χ4v) is 1.99. The minimum Gasteiger partial charge on any atom is -0.385 e. The Morgan fingerprint density at radius 3 is 2.38 bits per heavy atom. The Balaban J connectivity index is 2.20. The number of carbonyl (C=O) groups is 1. The molecule has 1 amide bonds. The van der Waals surface area contributed by atoms with Gasteiger partial charge in [-0.15, -0.1) is 0 Å². The number of carbonyl (C=O) groups excluding carboxylic acids is 1. The second-order valence-corrected chi connectivity index (χ2v) is 4.67. The second kappa shape index (κ2) is 6.86. The van der Waals surface area contributed by atoms with Crippen molar-refractivity contribution in [3.05, 3.63) is 0 Å². The van der Waals surface area contributed by atoms with Crippen LogP contribution in [0.2, 0.25) is 0 Å².